The normalized spacial score (nSPS) is 26.5. The molecule has 2 nitrogen and oxygen atoms in total. The molecule has 2 rings (SSSR count). The van der Waals surface area contributed by atoms with E-state index >= 15 is 0 Å². The largest absolute Gasteiger partial charge is 0.363 e. The fourth-order valence-electron chi connectivity index (χ4n) is 2.84. The van der Waals surface area contributed by atoms with Crippen LogP contribution in [0.1, 0.15) is 34.1 Å². The molecule has 5 heteroatoms. The van der Waals surface area contributed by atoms with Gasteiger partial charge in [-0.15, -0.1) is 0 Å². The molecular formula is C16H23BrF2N2. The van der Waals surface area contributed by atoms with Crippen molar-refractivity contribution < 1.29 is 8.78 Å². The highest BCUT2D eigenvalue weighted by Gasteiger charge is 2.37. The van der Waals surface area contributed by atoms with Gasteiger partial charge in [-0.1, -0.05) is 20.8 Å². The van der Waals surface area contributed by atoms with Gasteiger partial charge in [0.25, 0.3) is 0 Å². The van der Waals surface area contributed by atoms with E-state index in [-0.39, 0.29) is 11.6 Å². The summed E-state index contributed by atoms with van der Waals surface area (Å²) in [6, 6.07) is 2.71. The van der Waals surface area contributed by atoms with E-state index < -0.39 is 11.6 Å². The summed E-state index contributed by atoms with van der Waals surface area (Å²) in [5.41, 5.74) is 0.418. The van der Waals surface area contributed by atoms with Gasteiger partial charge < -0.3 is 10.2 Å². The van der Waals surface area contributed by atoms with Gasteiger partial charge in [-0.2, -0.15) is 0 Å². The van der Waals surface area contributed by atoms with Crippen LogP contribution in [-0.4, -0.2) is 24.7 Å². The first-order chi connectivity index (χ1) is 9.77. The highest BCUT2D eigenvalue weighted by Crippen LogP contribution is 2.33. The van der Waals surface area contributed by atoms with Crippen LogP contribution in [0.3, 0.4) is 0 Å². The van der Waals surface area contributed by atoms with Crippen LogP contribution in [0.2, 0.25) is 0 Å². The van der Waals surface area contributed by atoms with Crippen molar-refractivity contribution in [2.45, 2.75) is 45.7 Å². The number of anilines is 1. The smallest absolute Gasteiger partial charge is 0.149 e. The molecule has 0 aromatic heterocycles. The Kier molecular flexibility index (Phi) is 4.93. The lowest BCUT2D eigenvalue weighted by Crippen LogP contribution is -2.64. The van der Waals surface area contributed by atoms with Gasteiger partial charge >= 0.3 is 0 Å². The third-order valence-electron chi connectivity index (χ3n) is 4.51. The Labute approximate surface area is 134 Å². The van der Waals surface area contributed by atoms with Crippen LogP contribution in [0.5, 0.6) is 0 Å². The first-order valence-electron chi connectivity index (χ1n) is 7.43. The lowest BCUT2D eigenvalue weighted by molar-refractivity contribution is 0.251. The SMILES string of the molecule is CCC1(C)CN(c2cc(Br)c(F)cc2F)C(C(C)C)CN1. The molecule has 2 atom stereocenters. The predicted octanol–water partition coefficient (Wildman–Crippen LogP) is 4.33. The van der Waals surface area contributed by atoms with E-state index in [9.17, 15) is 8.78 Å². The molecule has 1 aliphatic heterocycles. The molecule has 1 N–H and O–H groups in total. The summed E-state index contributed by atoms with van der Waals surface area (Å²) in [5.74, 6) is -0.686. The zero-order valence-electron chi connectivity index (χ0n) is 13.0. The maximum Gasteiger partial charge on any atom is 0.149 e. The Hall–Kier alpha value is -0.680. The van der Waals surface area contributed by atoms with E-state index in [1.54, 1.807) is 6.07 Å². The molecule has 1 aromatic carbocycles. The van der Waals surface area contributed by atoms with Crippen molar-refractivity contribution in [3.05, 3.63) is 28.2 Å². The van der Waals surface area contributed by atoms with E-state index in [0.29, 0.717) is 22.6 Å². The zero-order valence-corrected chi connectivity index (χ0v) is 14.6. The topological polar surface area (TPSA) is 15.3 Å². The number of nitrogens with zero attached hydrogens (tertiary/aromatic N) is 1. The van der Waals surface area contributed by atoms with Crippen LogP contribution in [0.4, 0.5) is 14.5 Å². The summed E-state index contributed by atoms with van der Waals surface area (Å²) in [6.45, 7) is 10.0. The first-order valence-corrected chi connectivity index (χ1v) is 8.23. The number of hydrogen-bond donors (Lipinski definition) is 1. The fraction of sp³-hybridized carbons (Fsp3) is 0.625. The monoisotopic (exact) mass is 360 g/mol. The van der Waals surface area contributed by atoms with Crippen molar-refractivity contribution in [3.63, 3.8) is 0 Å². The van der Waals surface area contributed by atoms with E-state index in [2.05, 4.69) is 53.8 Å². The molecule has 1 heterocycles. The minimum absolute atomic E-state index is 0.0569. The van der Waals surface area contributed by atoms with Crippen LogP contribution >= 0.6 is 15.9 Å². The second kappa shape index (κ2) is 6.21. The summed E-state index contributed by atoms with van der Waals surface area (Å²) in [5, 5.41) is 3.57. The maximum absolute atomic E-state index is 14.3. The second-order valence-corrected chi connectivity index (χ2v) is 7.31. The summed E-state index contributed by atoms with van der Waals surface area (Å²) in [4.78, 5) is 2.09. The molecule has 1 aromatic rings. The van der Waals surface area contributed by atoms with Crippen LogP contribution in [0.15, 0.2) is 16.6 Å². The van der Waals surface area contributed by atoms with Crippen molar-refractivity contribution in [2.24, 2.45) is 5.92 Å². The Balaban J connectivity index is 2.43. The summed E-state index contributed by atoms with van der Waals surface area (Å²) >= 11 is 3.17. The van der Waals surface area contributed by atoms with E-state index in [1.165, 1.54) is 0 Å². The summed E-state index contributed by atoms with van der Waals surface area (Å²) in [6.07, 6.45) is 0.957. The van der Waals surface area contributed by atoms with Crippen LogP contribution in [0.25, 0.3) is 0 Å². The Morgan fingerprint density at radius 1 is 1.38 bits per heavy atom. The average Bonchev–Trinajstić information content (AvgIpc) is 2.42. The van der Waals surface area contributed by atoms with Crippen LogP contribution in [-0.2, 0) is 0 Å². The summed E-state index contributed by atoms with van der Waals surface area (Å²) < 4.78 is 28.1. The van der Waals surface area contributed by atoms with E-state index in [4.69, 9.17) is 0 Å². The molecule has 1 saturated heterocycles. The second-order valence-electron chi connectivity index (χ2n) is 6.45. The van der Waals surface area contributed by atoms with Crippen molar-refractivity contribution in [2.75, 3.05) is 18.0 Å². The molecular weight excluding hydrogens is 338 g/mol. The van der Waals surface area contributed by atoms with Gasteiger partial charge in [0, 0.05) is 30.7 Å². The lowest BCUT2D eigenvalue weighted by atomic mass is 9.89. The van der Waals surface area contributed by atoms with Gasteiger partial charge in [-0.25, -0.2) is 8.78 Å². The Bertz CT molecular complexity index is 521. The highest BCUT2D eigenvalue weighted by atomic mass is 79.9. The molecule has 0 spiro atoms. The van der Waals surface area contributed by atoms with Crippen molar-refractivity contribution >= 4 is 21.6 Å². The van der Waals surface area contributed by atoms with E-state index in [0.717, 1.165) is 19.0 Å². The molecule has 2 unspecified atom stereocenters. The number of nitrogens with one attached hydrogen (secondary N) is 1. The molecule has 0 bridgehead atoms. The molecule has 0 radical (unpaired) electrons. The van der Waals surface area contributed by atoms with Gasteiger partial charge in [0.2, 0.25) is 0 Å². The molecule has 0 amide bonds. The number of hydrogen-bond acceptors (Lipinski definition) is 2. The van der Waals surface area contributed by atoms with Gasteiger partial charge in [0.05, 0.1) is 10.2 Å². The number of halogens is 3. The molecule has 1 aliphatic rings. The van der Waals surface area contributed by atoms with Gasteiger partial charge in [-0.3, -0.25) is 0 Å². The van der Waals surface area contributed by atoms with Crippen molar-refractivity contribution in [1.82, 2.24) is 5.32 Å². The fourth-order valence-corrected chi connectivity index (χ4v) is 3.17. The molecule has 118 valence electrons. The lowest BCUT2D eigenvalue weighted by Gasteiger charge is -2.48. The minimum atomic E-state index is -0.564. The van der Waals surface area contributed by atoms with Crippen LogP contribution in [0, 0.1) is 17.6 Å². The molecule has 21 heavy (non-hydrogen) atoms. The highest BCUT2D eigenvalue weighted by molar-refractivity contribution is 9.10. The third-order valence-corrected chi connectivity index (χ3v) is 5.11. The van der Waals surface area contributed by atoms with Crippen molar-refractivity contribution in [1.29, 1.82) is 0 Å². The first kappa shape index (κ1) is 16.7. The molecule has 1 fully saturated rings. The number of benzene rings is 1. The maximum atomic E-state index is 14.3. The Morgan fingerprint density at radius 3 is 2.62 bits per heavy atom. The van der Waals surface area contributed by atoms with Crippen molar-refractivity contribution in [3.8, 4) is 0 Å². The van der Waals surface area contributed by atoms with E-state index in [1.807, 2.05) is 0 Å². The quantitative estimate of drug-likeness (QED) is 0.807. The number of rotatable bonds is 3. The summed E-state index contributed by atoms with van der Waals surface area (Å²) in [7, 11) is 0. The number of piperazine rings is 1. The molecule has 0 saturated carbocycles. The Morgan fingerprint density at radius 2 is 2.05 bits per heavy atom. The van der Waals surface area contributed by atoms with Crippen LogP contribution < -0.4 is 10.2 Å². The molecule has 0 aliphatic carbocycles. The average molecular weight is 361 g/mol. The van der Waals surface area contributed by atoms with Gasteiger partial charge in [0.1, 0.15) is 11.6 Å². The standard InChI is InChI=1S/C16H23BrF2N2/c1-5-16(4)9-21(15(8-20-16)10(2)3)14-6-11(17)12(18)7-13(14)19/h6-7,10,15,20H,5,8-9H2,1-4H3. The zero-order chi connectivity index (χ0) is 15.8. The minimum Gasteiger partial charge on any atom is -0.363 e. The van der Waals surface area contributed by atoms with Gasteiger partial charge in [-0.05, 0) is 41.3 Å². The third kappa shape index (κ3) is 3.39. The predicted molar refractivity (Wildman–Crippen MR) is 86.7 cm³/mol. The van der Waals surface area contributed by atoms with Gasteiger partial charge in [0.15, 0.2) is 0 Å².